The number of benzene rings is 3. The summed E-state index contributed by atoms with van der Waals surface area (Å²) in [6.07, 6.45) is 2.12. The Hall–Kier alpha value is -3.97. The van der Waals surface area contributed by atoms with Crippen LogP contribution >= 0.6 is 11.3 Å². The number of aromatic nitrogens is 1. The quantitative estimate of drug-likeness (QED) is 0.316. The topological polar surface area (TPSA) is 77.5 Å². The second kappa shape index (κ2) is 10.8. The van der Waals surface area contributed by atoms with E-state index in [-0.39, 0.29) is 18.3 Å². The molecule has 6 nitrogen and oxygen atoms in total. The van der Waals surface area contributed by atoms with Crippen molar-refractivity contribution in [3.05, 3.63) is 88.9 Å². The van der Waals surface area contributed by atoms with Gasteiger partial charge in [-0.3, -0.25) is 4.79 Å². The lowest BCUT2D eigenvalue weighted by Gasteiger charge is -2.09. The molecule has 1 amide bonds. The van der Waals surface area contributed by atoms with Gasteiger partial charge in [0.05, 0.1) is 35.9 Å². The third kappa shape index (κ3) is 5.68. The predicted molar refractivity (Wildman–Crippen MR) is 136 cm³/mol. The maximum Gasteiger partial charge on any atom is 0.338 e. The van der Waals surface area contributed by atoms with Gasteiger partial charge in [-0.1, -0.05) is 24.3 Å². The van der Waals surface area contributed by atoms with Gasteiger partial charge in [0.25, 0.3) is 0 Å². The van der Waals surface area contributed by atoms with Crippen LogP contribution in [0.3, 0.4) is 0 Å². The summed E-state index contributed by atoms with van der Waals surface area (Å²) in [6, 6.07) is 22.2. The van der Waals surface area contributed by atoms with Gasteiger partial charge in [0.2, 0.25) is 5.91 Å². The molecular weight excluding hydrogens is 448 g/mol. The molecule has 0 aliphatic carbocycles. The molecule has 0 spiro atoms. The Morgan fingerprint density at radius 2 is 1.74 bits per heavy atom. The summed E-state index contributed by atoms with van der Waals surface area (Å²) in [6.45, 7) is 2.07. The number of hydrogen-bond donors (Lipinski definition) is 1. The molecule has 0 aliphatic rings. The highest BCUT2D eigenvalue weighted by molar-refractivity contribution is 7.19. The summed E-state index contributed by atoms with van der Waals surface area (Å²) in [5, 5.41) is 3.70. The SMILES string of the molecule is CCOC(=O)c1ccc(NC(=O)CC(=Cc2ccc(OC)cc2)c2nc3ccccc3s2)cc1. The van der Waals surface area contributed by atoms with Gasteiger partial charge in [0.1, 0.15) is 10.8 Å². The molecule has 0 atom stereocenters. The Morgan fingerprint density at radius 3 is 2.41 bits per heavy atom. The number of para-hydroxylation sites is 1. The Bertz CT molecular complexity index is 1290. The van der Waals surface area contributed by atoms with Crippen molar-refractivity contribution in [3.63, 3.8) is 0 Å². The lowest BCUT2D eigenvalue weighted by Crippen LogP contribution is -2.12. The third-order valence-electron chi connectivity index (χ3n) is 5.06. The molecule has 172 valence electrons. The molecule has 1 aromatic heterocycles. The van der Waals surface area contributed by atoms with Gasteiger partial charge in [0.15, 0.2) is 0 Å². The summed E-state index contributed by atoms with van der Waals surface area (Å²) in [5.74, 6) is 0.200. The van der Waals surface area contributed by atoms with Crippen LogP contribution < -0.4 is 10.1 Å². The molecule has 3 aromatic carbocycles. The van der Waals surface area contributed by atoms with Crippen LogP contribution in [0.1, 0.15) is 34.3 Å². The van der Waals surface area contributed by atoms with Gasteiger partial charge >= 0.3 is 5.97 Å². The van der Waals surface area contributed by atoms with E-state index in [1.165, 1.54) is 0 Å². The van der Waals surface area contributed by atoms with Crippen LogP contribution in [0.25, 0.3) is 21.9 Å². The molecule has 0 bridgehead atoms. The lowest BCUT2D eigenvalue weighted by molar-refractivity contribution is -0.115. The smallest absolute Gasteiger partial charge is 0.338 e. The van der Waals surface area contributed by atoms with Crippen molar-refractivity contribution in [1.82, 2.24) is 4.98 Å². The minimum absolute atomic E-state index is 0.144. The highest BCUT2D eigenvalue weighted by atomic mass is 32.1. The van der Waals surface area contributed by atoms with E-state index in [9.17, 15) is 9.59 Å². The van der Waals surface area contributed by atoms with Crippen molar-refractivity contribution in [3.8, 4) is 5.75 Å². The van der Waals surface area contributed by atoms with Crippen molar-refractivity contribution >= 4 is 50.8 Å². The van der Waals surface area contributed by atoms with Crippen molar-refractivity contribution < 1.29 is 19.1 Å². The highest BCUT2D eigenvalue weighted by Gasteiger charge is 2.14. The number of esters is 1. The van der Waals surface area contributed by atoms with E-state index in [1.54, 1.807) is 49.6 Å². The van der Waals surface area contributed by atoms with E-state index in [0.717, 1.165) is 32.1 Å². The minimum Gasteiger partial charge on any atom is -0.497 e. The average molecular weight is 473 g/mol. The number of carbonyl (C=O) groups excluding carboxylic acids is 2. The summed E-state index contributed by atoms with van der Waals surface area (Å²) in [7, 11) is 1.63. The number of anilines is 1. The van der Waals surface area contributed by atoms with Crippen LogP contribution in [-0.4, -0.2) is 30.6 Å². The van der Waals surface area contributed by atoms with Crippen LogP contribution in [0.15, 0.2) is 72.8 Å². The molecule has 0 fully saturated rings. The largest absolute Gasteiger partial charge is 0.497 e. The van der Waals surface area contributed by atoms with Crippen LogP contribution in [0, 0.1) is 0 Å². The molecule has 34 heavy (non-hydrogen) atoms. The molecule has 0 unspecified atom stereocenters. The minimum atomic E-state index is -0.388. The summed E-state index contributed by atoms with van der Waals surface area (Å²) in [5.41, 5.74) is 3.70. The van der Waals surface area contributed by atoms with E-state index >= 15 is 0 Å². The first-order chi connectivity index (χ1) is 16.6. The second-order valence-electron chi connectivity index (χ2n) is 7.45. The first-order valence-electron chi connectivity index (χ1n) is 10.8. The van der Waals surface area contributed by atoms with Crippen LogP contribution in [0.4, 0.5) is 5.69 Å². The predicted octanol–water partition coefficient (Wildman–Crippen LogP) is 6.05. The zero-order valence-corrected chi connectivity index (χ0v) is 19.7. The normalized spacial score (nSPS) is 11.3. The Balaban J connectivity index is 1.56. The molecule has 1 heterocycles. The zero-order chi connectivity index (χ0) is 23.9. The fourth-order valence-electron chi connectivity index (χ4n) is 3.38. The number of methoxy groups -OCH3 is 1. The van der Waals surface area contributed by atoms with Gasteiger partial charge in [0, 0.05) is 5.69 Å². The zero-order valence-electron chi connectivity index (χ0n) is 18.9. The molecular formula is C27H24N2O4S. The number of nitrogens with zero attached hydrogens (tertiary/aromatic N) is 1. The number of amides is 1. The van der Waals surface area contributed by atoms with Crippen LogP contribution in [-0.2, 0) is 9.53 Å². The number of carbonyl (C=O) groups is 2. The molecule has 7 heteroatoms. The van der Waals surface area contributed by atoms with Crippen molar-refractivity contribution in [2.75, 3.05) is 19.0 Å². The molecule has 0 saturated heterocycles. The lowest BCUT2D eigenvalue weighted by atomic mass is 10.1. The molecule has 0 saturated carbocycles. The van der Waals surface area contributed by atoms with Gasteiger partial charge in [-0.25, -0.2) is 9.78 Å². The first kappa shape index (κ1) is 23.2. The average Bonchev–Trinajstić information content (AvgIpc) is 3.29. The molecule has 4 aromatic rings. The fourth-order valence-corrected chi connectivity index (χ4v) is 4.36. The summed E-state index contributed by atoms with van der Waals surface area (Å²) < 4.78 is 11.3. The van der Waals surface area contributed by atoms with E-state index in [0.29, 0.717) is 17.9 Å². The monoisotopic (exact) mass is 472 g/mol. The van der Waals surface area contributed by atoms with E-state index in [4.69, 9.17) is 14.5 Å². The first-order valence-corrected chi connectivity index (χ1v) is 11.6. The second-order valence-corrected chi connectivity index (χ2v) is 8.48. The number of rotatable bonds is 8. The van der Waals surface area contributed by atoms with Gasteiger partial charge in [-0.15, -0.1) is 11.3 Å². The third-order valence-corrected chi connectivity index (χ3v) is 6.17. The highest BCUT2D eigenvalue weighted by Crippen LogP contribution is 2.31. The number of nitrogens with one attached hydrogen (secondary N) is 1. The standard InChI is InChI=1S/C27H24N2O4S/c1-3-33-27(31)19-10-12-21(13-11-19)28-25(30)17-20(16-18-8-14-22(32-2)15-9-18)26-29-23-6-4-5-7-24(23)34-26/h4-16H,3,17H2,1-2H3,(H,28,30). The Labute approximate surface area is 201 Å². The number of fused-ring (bicyclic) bond motifs is 1. The van der Waals surface area contributed by atoms with Crippen LogP contribution in [0.2, 0.25) is 0 Å². The van der Waals surface area contributed by atoms with E-state index in [1.807, 2.05) is 54.6 Å². The van der Waals surface area contributed by atoms with E-state index < -0.39 is 0 Å². The van der Waals surface area contributed by atoms with Crippen molar-refractivity contribution in [2.45, 2.75) is 13.3 Å². The molecule has 0 radical (unpaired) electrons. The summed E-state index contributed by atoms with van der Waals surface area (Å²) >= 11 is 1.55. The number of thiazole rings is 1. The van der Waals surface area contributed by atoms with Gasteiger partial charge in [-0.05, 0) is 72.7 Å². The fraction of sp³-hybridized carbons (Fsp3) is 0.148. The van der Waals surface area contributed by atoms with E-state index in [2.05, 4.69) is 5.32 Å². The van der Waals surface area contributed by atoms with Gasteiger partial charge in [-0.2, -0.15) is 0 Å². The van der Waals surface area contributed by atoms with Crippen molar-refractivity contribution in [2.24, 2.45) is 0 Å². The van der Waals surface area contributed by atoms with Gasteiger partial charge < -0.3 is 14.8 Å². The molecule has 4 rings (SSSR count). The van der Waals surface area contributed by atoms with Crippen molar-refractivity contribution in [1.29, 1.82) is 0 Å². The molecule has 0 aliphatic heterocycles. The molecule has 1 N–H and O–H groups in total. The summed E-state index contributed by atoms with van der Waals surface area (Å²) in [4.78, 5) is 29.5. The maximum atomic E-state index is 12.9. The Kier molecular flexibility index (Phi) is 7.34. The Morgan fingerprint density at radius 1 is 1.00 bits per heavy atom. The number of hydrogen-bond acceptors (Lipinski definition) is 6. The number of ether oxygens (including phenoxy) is 2. The maximum absolute atomic E-state index is 12.9. The van der Waals surface area contributed by atoms with Crippen LogP contribution in [0.5, 0.6) is 5.75 Å².